The Bertz CT molecular complexity index is 1200. The van der Waals surface area contributed by atoms with Crippen molar-refractivity contribution >= 4 is 40.5 Å². The van der Waals surface area contributed by atoms with E-state index in [1.165, 1.54) is 5.56 Å². The Hall–Kier alpha value is -2.75. The van der Waals surface area contributed by atoms with E-state index in [0.29, 0.717) is 21.5 Å². The molecule has 2 N–H and O–H groups in total. The highest BCUT2D eigenvalue weighted by atomic mass is 35.5. The fourth-order valence-corrected chi connectivity index (χ4v) is 5.25. The van der Waals surface area contributed by atoms with Crippen molar-refractivity contribution in [3.8, 4) is 0 Å². The number of nitrogens with one attached hydrogen (secondary N) is 2. The molecule has 2 aliphatic rings. The maximum Gasteiger partial charge on any atom is 0.255 e. The van der Waals surface area contributed by atoms with Gasteiger partial charge in [0, 0.05) is 32.9 Å². The highest BCUT2D eigenvalue weighted by Crippen LogP contribution is 2.51. The van der Waals surface area contributed by atoms with Crippen LogP contribution in [0.3, 0.4) is 0 Å². The number of allylic oxidation sites excluding steroid dienone is 2. The molecule has 0 bridgehead atoms. The molecule has 5 heteroatoms. The Kier molecular flexibility index (Phi) is 5.25. The van der Waals surface area contributed by atoms with E-state index in [1.54, 1.807) is 6.07 Å². The van der Waals surface area contributed by atoms with Gasteiger partial charge in [0.1, 0.15) is 0 Å². The highest BCUT2D eigenvalue weighted by Gasteiger charge is 2.38. The smallest absolute Gasteiger partial charge is 0.255 e. The number of carbonyl (C=O) groups is 1. The number of rotatable bonds is 3. The molecule has 0 radical (unpaired) electrons. The lowest BCUT2D eigenvalue weighted by Crippen LogP contribution is -2.29. The zero-order chi connectivity index (χ0) is 21.5. The maximum atomic E-state index is 12.7. The number of halogens is 2. The molecule has 0 fully saturated rings. The maximum absolute atomic E-state index is 12.7. The minimum atomic E-state index is -0.100. The third-order valence-corrected chi connectivity index (χ3v) is 6.76. The Balaban J connectivity index is 1.45. The van der Waals surface area contributed by atoms with E-state index >= 15 is 0 Å². The molecule has 1 aliphatic heterocycles. The van der Waals surface area contributed by atoms with Crippen molar-refractivity contribution in [3.63, 3.8) is 0 Å². The number of hydrogen-bond acceptors (Lipinski definition) is 2. The van der Waals surface area contributed by atoms with Crippen LogP contribution < -0.4 is 10.6 Å². The van der Waals surface area contributed by atoms with Crippen LogP contribution in [0.5, 0.6) is 0 Å². The second-order valence-corrected chi connectivity index (χ2v) is 9.11. The number of carbonyl (C=O) groups excluding carboxylic acids is 1. The Morgan fingerprint density at radius 3 is 2.71 bits per heavy atom. The van der Waals surface area contributed by atoms with Gasteiger partial charge in [-0.1, -0.05) is 59.1 Å². The molecule has 3 aromatic carbocycles. The number of hydrogen-bond donors (Lipinski definition) is 2. The summed E-state index contributed by atoms with van der Waals surface area (Å²) in [6.45, 7) is 1.98. The second-order valence-electron chi connectivity index (χ2n) is 8.27. The molecule has 1 amide bonds. The summed E-state index contributed by atoms with van der Waals surface area (Å²) in [6, 6.07) is 19.5. The molecule has 31 heavy (non-hydrogen) atoms. The molecule has 0 saturated heterocycles. The molecule has 3 atom stereocenters. The van der Waals surface area contributed by atoms with Crippen LogP contribution in [0.2, 0.25) is 10.0 Å². The van der Waals surface area contributed by atoms with E-state index in [4.69, 9.17) is 23.2 Å². The third-order valence-electron chi connectivity index (χ3n) is 6.20. The summed E-state index contributed by atoms with van der Waals surface area (Å²) < 4.78 is 0. The van der Waals surface area contributed by atoms with Gasteiger partial charge < -0.3 is 10.6 Å². The Labute approximate surface area is 192 Å². The summed E-state index contributed by atoms with van der Waals surface area (Å²) in [6.07, 6.45) is 5.48. The van der Waals surface area contributed by atoms with Crippen molar-refractivity contribution in [2.75, 3.05) is 10.6 Å². The first-order valence-electron chi connectivity index (χ1n) is 10.4. The standard InChI is InChI=1S/C26H22Cl2N2O/c1-15-4-2-5-16(12-15)26(31)29-18-9-11-24-22(14-18)19-6-3-7-20(19)25(30-24)21-10-8-17(27)13-23(21)28/h2-6,8-14,19-20,25,30H,7H2,1H3,(H,29,31). The van der Waals surface area contributed by atoms with Gasteiger partial charge in [0.05, 0.1) is 6.04 Å². The summed E-state index contributed by atoms with van der Waals surface area (Å²) in [5, 5.41) is 8.05. The molecule has 3 aromatic rings. The largest absolute Gasteiger partial charge is 0.378 e. The predicted molar refractivity (Wildman–Crippen MR) is 128 cm³/mol. The first kappa shape index (κ1) is 20.2. The molecule has 3 unspecified atom stereocenters. The number of aryl methyl sites for hydroxylation is 1. The highest BCUT2D eigenvalue weighted by molar-refractivity contribution is 6.35. The molecule has 156 valence electrons. The van der Waals surface area contributed by atoms with Crippen LogP contribution in [0.4, 0.5) is 11.4 Å². The summed E-state index contributed by atoms with van der Waals surface area (Å²) in [5.74, 6) is 0.523. The van der Waals surface area contributed by atoms with Gasteiger partial charge in [-0.15, -0.1) is 0 Å². The summed E-state index contributed by atoms with van der Waals surface area (Å²) >= 11 is 12.6. The molecular formula is C26H22Cl2N2O. The molecule has 5 rings (SSSR count). The van der Waals surface area contributed by atoms with E-state index in [9.17, 15) is 4.79 Å². The average Bonchev–Trinajstić information content (AvgIpc) is 3.24. The van der Waals surface area contributed by atoms with Gasteiger partial charge in [-0.05, 0) is 72.9 Å². The predicted octanol–water partition coefficient (Wildman–Crippen LogP) is 7.38. The van der Waals surface area contributed by atoms with Crippen LogP contribution >= 0.6 is 23.2 Å². The van der Waals surface area contributed by atoms with Crippen molar-refractivity contribution in [2.45, 2.75) is 25.3 Å². The van der Waals surface area contributed by atoms with Crippen LogP contribution in [-0.2, 0) is 0 Å². The Morgan fingerprint density at radius 2 is 1.90 bits per heavy atom. The van der Waals surface area contributed by atoms with Crippen LogP contribution in [0.15, 0.2) is 72.8 Å². The minimum absolute atomic E-state index is 0.100. The van der Waals surface area contributed by atoms with E-state index < -0.39 is 0 Å². The molecule has 0 spiro atoms. The molecule has 0 saturated carbocycles. The molecule has 1 aliphatic carbocycles. The third kappa shape index (κ3) is 3.84. The lowest BCUT2D eigenvalue weighted by molar-refractivity contribution is 0.102. The second kappa shape index (κ2) is 8.07. The van der Waals surface area contributed by atoms with Gasteiger partial charge in [-0.25, -0.2) is 0 Å². The normalized spacial score (nSPS) is 21.2. The molecule has 3 nitrogen and oxygen atoms in total. The van der Waals surface area contributed by atoms with E-state index in [-0.39, 0.29) is 17.9 Å². The zero-order valence-corrected chi connectivity index (χ0v) is 18.5. The van der Waals surface area contributed by atoms with Gasteiger partial charge in [0.2, 0.25) is 0 Å². The van der Waals surface area contributed by atoms with Crippen LogP contribution in [0.25, 0.3) is 0 Å². The van der Waals surface area contributed by atoms with Crippen molar-refractivity contribution in [1.29, 1.82) is 0 Å². The molecule has 0 aromatic heterocycles. The van der Waals surface area contributed by atoms with Gasteiger partial charge in [0.25, 0.3) is 5.91 Å². The Morgan fingerprint density at radius 1 is 1.03 bits per heavy atom. The van der Waals surface area contributed by atoms with Gasteiger partial charge in [-0.3, -0.25) is 4.79 Å². The van der Waals surface area contributed by atoms with Crippen LogP contribution in [0, 0.1) is 12.8 Å². The molecular weight excluding hydrogens is 427 g/mol. The average molecular weight is 449 g/mol. The van der Waals surface area contributed by atoms with Crippen molar-refractivity contribution in [2.24, 2.45) is 5.92 Å². The van der Waals surface area contributed by atoms with Crippen LogP contribution in [-0.4, -0.2) is 5.91 Å². The number of amides is 1. The lowest BCUT2D eigenvalue weighted by atomic mass is 9.77. The first-order chi connectivity index (χ1) is 15.0. The topological polar surface area (TPSA) is 41.1 Å². The first-order valence-corrected chi connectivity index (χ1v) is 11.2. The summed E-state index contributed by atoms with van der Waals surface area (Å²) in [4.78, 5) is 12.7. The zero-order valence-electron chi connectivity index (χ0n) is 17.0. The summed E-state index contributed by atoms with van der Waals surface area (Å²) in [5.41, 5.74) is 5.85. The van der Waals surface area contributed by atoms with E-state index in [0.717, 1.165) is 28.9 Å². The van der Waals surface area contributed by atoms with E-state index in [2.05, 4.69) is 28.9 Å². The van der Waals surface area contributed by atoms with Crippen molar-refractivity contribution < 1.29 is 4.79 Å². The molecule has 1 heterocycles. The monoisotopic (exact) mass is 448 g/mol. The van der Waals surface area contributed by atoms with Gasteiger partial charge in [0.15, 0.2) is 0 Å². The van der Waals surface area contributed by atoms with Crippen molar-refractivity contribution in [1.82, 2.24) is 0 Å². The van der Waals surface area contributed by atoms with Gasteiger partial charge in [-0.2, -0.15) is 0 Å². The quantitative estimate of drug-likeness (QED) is 0.410. The SMILES string of the molecule is Cc1cccc(C(=O)Nc2ccc3c(c2)C2C=CCC2C(c2ccc(Cl)cc2Cl)N3)c1. The van der Waals surface area contributed by atoms with E-state index in [1.807, 2.05) is 55.5 Å². The fourth-order valence-electron chi connectivity index (χ4n) is 4.72. The minimum Gasteiger partial charge on any atom is -0.378 e. The number of fused-ring (bicyclic) bond motifs is 3. The van der Waals surface area contributed by atoms with Crippen LogP contribution in [0.1, 0.15) is 45.4 Å². The van der Waals surface area contributed by atoms with Gasteiger partial charge >= 0.3 is 0 Å². The number of anilines is 2. The fraction of sp³-hybridized carbons (Fsp3) is 0.192. The lowest BCUT2D eigenvalue weighted by Gasteiger charge is -2.38. The summed E-state index contributed by atoms with van der Waals surface area (Å²) in [7, 11) is 0. The number of benzene rings is 3. The van der Waals surface area contributed by atoms with Crippen molar-refractivity contribution in [3.05, 3.63) is 105 Å².